The molecule has 1 saturated carbocycles. The summed E-state index contributed by atoms with van der Waals surface area (Å²) < 4.78 is 5.22. The molecular formula is C15H24N2O3. The maximum atomic E-state index is 10.5. The van der Waals surface area contributed by atoms with E-state index >= 15 is 0 Å². The highest BCUT2D eigenvalue weighted by Crippen LogP contribution is 2.37. The largest absolute Gasteiger partial charge is 0.481 e. The van der Waals surface area contributed by atoms with Crippen LogP contribution in [0.2, 0.25) is 0 Å². The van der Waals surface area contributed by atoms with Gasteiger partial charge in [-0.25, -0.2) is 0 Å². The molecule has 20 heavy (non-hydrogen) atoms. The zero-order valence-electron chi connectivity index (χ0n) is 12.3. The van der Waals surface area contributed by atoms with E-state index in [2.05, 4.69) is 24.0 Å². The van der Waals surface area contributed by atoms with Crippen molar-refractivity contribution in [2.24, 2.45) is 11.8 Å². The van der Waals surface area contributed by atoms with Crippen LogP contribution in [0.5, 0.6) is 0 Å². The fraction of sp³-hybridized carbons (Fsp3) is 0.800. The minimum Gasteiger partial charge on any atom is -0.481 e. The fourth-order valence-corrected chi connectivity index (χ4v) is 2.97. The third-order valence-corrected chi connectivity index (χ3v) is 4.34. The summed E-state index contributed by atoms with van der Waals surface area (Å²) in [6.07, 6.45) is 6.01. The van der Waals surface area contributed by atoms with E-state index in [9.17, 15) is 4.79 Å². The predicted octanol–water partition coefficient (Wildman–Crippen LogP) is 3.41. The van der Waals surface area contributed by atoms with E-state index in [1.165, 1.54) is 12.8 Å². The molecule has 5 nitrogen and oxygen atoms in total. The first kappa shape index (κ1) is 15.0. The van der Waals surface area contributed by atoms with Gasteiger partial charge in [-0.3, -0.25) is 4.79 Å². The average Bonchev–Trinajstić information content (AvgIpc) is 2.87. The second-order valence-electron chi connectivity index (χ2n) is 6.15. The summed E-state index contributed by atoms with van der Waals surface area (Å²) in [6, 6.07) is 0. The number of rotatable bonds is 6. The zero-order chi connectivity index (χ0) is 14.5. The summed E-state index contributed by atoms with van der Waals surface area (Å²) in [7, 11) is 0. The number of hydrogen-bond donors (Lipinski definition) is 1. The highest BCUT2D eigenvalue weighted by atomic mass is 16.5. The number of aromatic nitrogens is 2. The highest BCUT2D eigenvalue weighted by molar-refractivity contribution is 5.66. The van der Waals surface area contributed by atoms with Gasteiger partial charge < -0.3 is 9.63 Å². The summed E-state index contributed by atoms with van der Waals surface area (Å²) in [6.45, 7) is 4.58. The molecule has 0 unspecified atom stereocenters. The summed E-state index contributed by atoms with van der Waals surface area (Å²) in [4.78, 5) is 14.9. The Labute approximate surface area is 119 Å². The molecule has 112 valence electrons. The van der Waals surface area contributed by atoms with Crippen molar-refractivity contribution in [3.05, 3.63) is 11.7 Å². The lowest BCUT2D eigenvalue weighted by atomic mass is 9.77. The first-order chi connectivity index (χ1) is 9.56. The monoisotopic (exact) mass is 280 g/mol. The Hall–Kier alpha value is -1.39. The van der Waals surface area contributed by atoms with Gasteiger partial charge in [0.25, 0.3) is 0 Å². The number of aliphatic carboxylic acids is 1. The first-order valence-electron chi connectivity index (χ1n) is 7.60. The number of nitrogens with zero attached hydrogens (tertiary/aromatic N) is 2. The maximum absolute atomic E-state index is 10.5. The molecule has 0 atom stereocenters. The van der Waals surface area contributed by atoms with Crippen LogP contribution in [-0.4, -0.2) is 21.2 Å². The van der Waals surface area contributed by atoms with E-state index in [-0.39, 0.29) is 6.42 Å². The molecular weight excluding hydrogens is 256 g/mol. The molecule has 0 aromatic carbocycles. The smallest absolute Gasteiger partial charge is 0.303 e. The molecule has 1 N–H and O–H groups in total. The second-order valence-corrected chi connectivity index (χ2v) is 6.15. The minimum atomic E-state index is -0.781. The maximum Gasteiger partial charge on any atom is 0.303 e. The van der Waals surface area contributed by atoms with Crippen molar-refractivity contribution < 1.29 is 14.4 Å². The quantitative estimate of drug-likeness (QED) is 0.864. The summed E-state index contributed by atoms with van der Waals surface area (Å²) in [5.41, 5.74) is 0. The van der Waals surface area contributed by atoms with Gasteiger partial charge in [0.15, 0.2) is 5.82 Å². The van der Waals surface area contributed by atoms with E-state index in [4.69, 9.17) is 9.63 Å². The second kappa shape index (κ2) is 6.86. The molecule has 1 aliphatic carbocycles. The summed E-state index contributed by atoms with van der Waals surface area (Å²) >= 11 is 0. The lowest BCUT2D eigenvalue weighted by Gasteiger charge is -2.29. The van der Waals surface area contributed by atoms with Gasteiger partial charge in [-0.05, 0) is 43.9 Å². The van der Waals surface area contributed by atoms with Gasteiger partial charge >= 0.3 is 5.97 Å². The normalized spacial score (nSPS) is 23.1. The SMILES string of the molecule is CC(C)C1CCC(c2noc(CCCC(=O)O)n2)CC1. The Bertz CT molecular complexity index is 434. The molecule has 0 bridgehead atoms. The Morgan fingerprint density at radius 1 is 1.35 bits per heavy atom. The molecule has 0 saturated heterocycles. The predicted molar refractivity (Wildman–Crippen MR) is 74.4 cm³/mol. The minimum absolute atomic E-state index is 0.150. The molecule has 1 aromatic rings. The number of aryl methyl sites for hydroxylation is 1. The molecule has 2 rings (SSSR count). The highest BCUT2D eigenvalue weighted by Gasteiger charge is 2.27. The van der Waals surface area contributed by atoms with E-state index in [0.717, 1.165) is 30.5 Å². The van der Waals surface area contributed by atoms with Crippen molar-refractivity contribution in [1.82, 2.24) is 10.1 Å². The van der Waals surface area contributed by atoms with Gasteiger partial charge in [-0.1, -0.05) is 19.0 Å². The van der Waals surface area contributed by atoms with Crippen LogP contribution in [0.1, 0.15) is 70.0 Å². The number of carbonyl (C=O) groups is 1. The van der Waals surface area contributed by atoms with Gasteiger partial charge in [0.05, 0.1) is 0 Å². The Balaban J connectivity index is 1.82. The molecule has 0 amide bonds. The van der Waals surface area contributed by atoms with Gasteiger partial charge in [0.2, 0.25) is 5.89 Å². The third kappa shape index (κ3) is 4.05. The van der Waals surface area contributed by atoms with Crippen molar-refractivity contribution in [3.63, 3.8) is 0 Å². The van der Waals surface area contributed by atoms with Gasteiger partial charge in [0.1, 0.15) is 0 Å². The topological polar surface area (TPSA) is 76.2 Å². The number of carboxylic acid groups (broad SMARTS) is 1. The molecule has 1 aromatic heterocycles. The lowest BCUT2D eigenvalue weighted by molar-refractivity contribution is -0.137. The van der Waals surface area contributed by atoms with Crippen LogP contribution >= 0.6 is 0 Å². The molecule has 1 fully saturated rings. The summed E-state index contributed by atoms with van der Waals surface area (Å²) in [5, 5.41) is 12.7. The standard InChI is InChI=1S/C15H24N2O3/c1-10(2)11-6-8-12(9-7-11)15-16-13(20-17-15)4-3-5-14(18)19/h10-12H,3-9H2,1-2H3,(H,18,19). The van der Waals surface area contributed by atoms with Crippen molar-refractivity contribution in [2.45, 2.75) is 64.7 Å². The van der Waals surface area contributed by atoms with Gasteiger partial charge in [-0.2, -0.15) is 4.98 Å². The molecule has 1 aliphatic rings. The molecule has 0 radical (unpaired) electrons. The van der Waals surface area contributed by atoms with Crippen molar-refractivity contribution in [1.29, 1.82) is 0 Å². The van der Waals surface area contributed by atoms with E-state index in [1.54, 1.807) is 0 Å². The average molecular weight is 280 g/mol. The Kier molecular flexibility index (Phi) is 5.15. The van der Waals surface area contributed by atoms with Crippen molar-refractivity contribution in [2.75, 3.05) is 0 Å². The van der Waals surface area contributed by atoms with Crippen molar-refractivity contribution >= 4 is 5.97 Å². The Morgan fingerprint density at radius 3 is 2.65 bits per heavy atom. The van der Waals surface area contributed by atoms with Crippen LogP contribution in [0.4, 0.5) is 0 Å². The van der Waals surface area contributed by atoms with Crippen LogP contribution in [0.15, 0.2) is 4.52 Å². The Morgan fingerprint density at radius 2 is 2.05 bits per heavy atom. The van der Waals surface area contributed by atoms with Crippen LogP contribution in [0, 0.1) is 11.8 Å². The fourth-order valence-electron chi connectivity index (χ4n) is 2.97. The molecule has 0 aliphatic heterocycles. The number of hydrogen-bond acceptors (Lipinski definition) is 4. The molecule has 0 spiro atoms. The van der Waals surface area contributed by atoms with Gasteiger partial charge in [0, 0.05) is 18.8 Å². The van der Waals surface area contributed by atoms with Crippen LogP contribution < -0.4 is 0 Å². The van der Waals surface area contributed by atoms with E-state index in [0.29, 0.717) is 24.7 Å². The van der Waals surface area contributed by atoms with Crippen LogP contribution in [0.25, 0.3) is 0 Å². The zero-order valence-corrected chi connectivity index (χ0v) is 12.3. The summed E-state index contributed by atoms with van der Waals surface area (Å²) in [5.74, 6) is 2.62. The molecule has 1 heterocycles. The van der Waals surface area contributed by atoms with E-state index < -0.39 is 5.97 Å². The lowest BCUT2D eigenvalue weighted by Crippen LogP contribution is -2.18. The van der Waals surface area contributed by atoms with Gasteiger partial charge in [-0.15, -0.1) is 0 Å². The molecule has 5 heteroatoms. The van der Waals surface area contributed by atoms with E-state index in [1.807, 2.05) is 0 Å². The first-order valence-corrected chi connectivity index (χ1v) is 7.60. The number of carboxylic acids is 1. The third-order valence-electron chi connectivity index (χ3n) is 4.34. The van der Waals surface area contributed by atoms with Crippen molar-refractivity contribution in [3.8, 4) is 0 Å². The van der Waals surface area contributed by atoms with Crippen LogP contribution in [-0.2, 0) is 11.2 Å². The van der Waals surface area contributed by atoms with Crippen LogP contribution in [0.3, 0.4) is 0 Å².